The van der Waals surface area contributed by atoms with Crippen LogP contribution in [0.25, 0.3) is 0 Å². The highest BCUT2D eigenvalue weighted by atomic mass is 32.2. The number of halogens is 2. The zero-order chi connectivity index (χ0) is 14.0. The standard InChI is InChI=1S/C12H19F2NO3S/c13-12(14)9-5-7-15(8-6-9)19(17,18)11-4-2-1-3-10(11)16/h9,11-12H,1-8H2/t11-/m0/s1. The number of hydrogen-bond acceptors (Lipinski definition) is 3. The predicted octanol–water partition coefficient (Wildman–Crippen LogP) is 1.81. The third kappa shape index (κ3) is 3.13. The van der Waals surface area contributed by atoms with Crippen LogP contribution in [0.5, 0.6) is 0 Å². The van der Waals surface area contributed by atoms with Crippen LogP contribution >= 0.6 is 0 Å². The van der Waals surface area contributed by atoms with Gasteiger partial charge in [0.15, 0.2) is 5.78 Å². The Balaban J connectivity index is 2.03. The first-order valence-corrected chi connectivity index (χ1v) is 8.23. The number of sulfonamides is 1. The number of alkyl halides is 2. The molecule has 0 unspecified atom stereocenters. The van der Waals surface area contributed by atoms with Crippen molar-refractivity contribution in [2.45, 2.75) is 50.2 Å². The molecule has 7 heteroatoms. The van der Waals surface area contributed by atoms with Crippen molar-refractivity contribution in [2.24, 2.45) is 5.92 Å². The Morgan fingerprint density at radius 3 is 2.26 bits per heavy atom. The van der Waals surface area contributed by atoms with Crippen molar-refractivity contribution < 1.29 is 22.0 Å². The number of piperidine rings is 1. The Morgan fingerprint density at radius 2 is 1.74 bits per heavy atom. The molecule has 1 heterocycles. The Kier molecular flexibility index (Phi) is 4.55. The van der Waals surface area contributed by atoms with E-state index in [0.29, 0.717) is 12.8 Å². The van der Waals surface area contributed by atoms with Gasteiger partial charge in [-0.05, 0) is 25.7 Å². The summed E-state index contributed by atoms with van der Waals surface area (Å²) in [6, 6.07) is 0. The summed E-state index contributed by atoms with van der Waals surface area (Å²) in [7, 11) is -3.64. The molecule has 0 aromatic heterocycles. The molecule has 0 aromatic carbocycles. The number of carbonyl (C=O) groups is 1. The lowest BCUT2D eigenvalue weighted by Gasteiger charge is -2.34. The van der Waals surface area contributed by atoms with Crippen molar-refractivity contribution in [3.05, 3.63) is 0 Å². The lowest BCUT2D eigenvalue weighted by Crippen LogP contribution is -2.47. The van der Waals surface area contributed by atoms with Crippen LogP contribution in [0.3, 0.4) is 0 Å². The zero-order valence-electron chi connectivity index (χ0n) is 10.7. The van der Waals surface area contributed by atoms with Crippen LogP contribution in [0, 0.1) is 5.92 Å². The van der Waals surface area contributed by atoms with Crippen molar-refractivity contribution in [3.63, 3.8) is 0 Å². The van der Waals surface area contributed by atoms with Crippen LogP contribution < -0.4 is 0 Å². The van der Waals surface area contributed by atoms with Crippen molar-refractivity contribution in [1.82, 2.24) is 4.31 Å². The minimum Gasteiger partial charge on any atom is -0.298 e. The number of rotatable bonds is 3. The number of Topliss-reactive ketones (excluding diaryl/α,β-unsaturated/α-hetero) is 1. The van der Waals surface area contributed by atoms with E-state index in [1.807, 2.05) is 0 Å². The summed E-state index contributed by atoms with van der Waals surface area (Å²) in [6.45, 7) is 0.224. The van der Waals surface area contributed by atoms with Gasteiger partial charge in [0.25, 0.3) is 0 Å². The molecule has 1 aliphatic carbocycles. The molecule has 0 aromatic rings. The fraction of sp³-hybridized carbons (Fsp3) is 0.917. The lowest BCUT2D eigenvalue weighted by atomic mass is 9.99. The first-order valence-electron chi connectivity index (χ1n) is 6.72. The van der Waals surface area contributed by atoms with E-state index in [1.165, 1.54) is 4.31 Å². The average Bonchev–Trinajstić information content (AvgIpc) is 2.39. The van der Waals surface area contributed by atoms with E-state index in [4.69, 9.17) is 0 Å². The summed E-state index contributed by atoms with van der Waals surface area (Å²) in [5.74, 6) is -0.934. The molecule has 0 spiro atoms. The van der Waals surface area contributed by atoms with E-state index in [1.54, 1.807) is 0 Å². The monoisotopic (exact) mass is 295 g/mol. The molecule has 2 rings (SSSR count). The molecule has 1 saturated carbocycles. The molecule has 0 bridgehead atoms. The normalized spacial score (nSPS) is 27.9. The van der Waals surface area contributed by atoms with Crippen LogP contribution in [0.1, 0.15) is 38.5 Å². The molecule has 0 N–H and O–H groups in total. The number of hydrogen-bond donors (Lipinski definition) is 0. The zero-order valence-corrected chi connectivity index (χ0v) is 11.5. The summed E-state index contributed by atoms with van der Waals surface area (Å²) in [6.07, 6.45) is 0.144. The molecule has 4 nitrogen and oxygen atoms in total. The van der Waals surface area contributed by atoms with Crippen LogP contribution in [0.15, 0.2) is 0 Å². The van der Waals surface area contributed by atoms with Gasteiger partial charge in [-0.15, -0.1) is 0 Å². The quantitative estimate of drug-likeness (QED) is 0.798. The summed E-state index contributed by atoms with van der Waals surface area (Å²) >= 11 is 0. The predicted molar refractivity (Wildman–Crippen MR) is 66.5 cm³/mol. The van der Waals surface area contributed by atoms with E-state index in [9.17, 15) is 22.0 Å². The molecule has 110 valence electrons. The van der Waals surface area contributed by atoms with E-state index in [2.05, 4.69) is 0 Å². The number of ketones is 1. The highest BCUT2D eigenvalue weighted by molar-refractivity contribution is 7.90. The van der Waals surface area contributed by atoms with Crippen molar-refractivity contribution in [1.29, 1.82) is 0 Å². The maximum Gasteiger partial charge on any atom is 0.241 e. The molecular weight excluding hydrogens is 276 g/mol. The van der Waals surface area contributed by atoms with Gasteiger partial charge in [-0.25, -0.2) is 21.5 Å². The van der Waals surface area contributed by atoms with E-state index in [0.717, 1.165) is 12.8 Å². The third-order valence-corrected chi connectivity index (χ3v) is 6.38. The van der Waals surface area contributed by atoms with Gasteiger partial charge in [-0.3, -0.25) is 4.79 Å². The summed E-state index contributed by atoms with van der Waals surface area (Å²) in [4.78, 5) is 11.7. The molecular formula is C12H19F2NO3S. The Morgan fingerprint density at radius 1 is 1.11 bits per heavy atom. The summed E-state index contributed by atoms with van der Waals surface area (Å²) in [5, 5.41) is -0.940. The minimum atomic E-state index is -3.64. The molecule has 2 fully saturated rings. The minimum absolute atomic E-state index is 0.112. The molecule has 0 amide bonds. The second-order valence-electron chi connectivity index (χ2n) is 5.32. The van der Waals surface area contributed by atoms with Gasteiger partial charge >= 0.3 is 0 Å². The highest BCUT2D eigenvalue weighted by Crippen LogP contribution is 2.29. The Bertz CT molecular complexity index is 430. The summed E-state index contributed by atoms with van der Waals surface area (Å²) in [5.41, 5.74) is 0. The first-order chi connectivity index (χ1) is 8.93. The van der Waals surface area contributed by atoms with Crippen LogP contribution in [0.2, 0.25) is 0 Å². The lowest BCUT2D eigenvalue weighted by molar-refractivity contribution is -0.119. The molecule has 0 radical (unpaired) electrons. The van der Waals surface area contributed by atoms with E-state index < -0.39 is 27.6 Å². The number of nitrogens with zero attached hydrogens (tertiary/aromatic N) is 1. The van der Waals surface area contributed by atoms with Crippen LogP contribution in [-0.4, -0.2) is 43.3 Å². The average molecular weight is 295 g/mol. The van der Waals surface area contributed by atoms with Gasteiger partial charge in [-0.1, -0.05) is 6.42 Å². The first kappa shape index (κ1) is 14.8. The fourth-order valence-corrected chi connectivity index (χ4v) is 4.82. The van der Waals surface area contributed by atoms with E-state index in [-0.39, 0.29) is 31.7 Å². The SMILES string of the molecule is O=C1CCCC[C@@H]1S(=O)(=O)N1CCC(C(F)F)CC1. The third-order valence-electron chi connectivity index (χ3n) is 4.07. The van der Waals surface area contributed by atoms with E-state index >= 15 is 0 Å². The van der Waals surface area contributed by atoms with Crippen molar-refractivity contribution in [2.75, 3.05) is 13.1 Å². The topological polar surface area (TPSA) is 54.5 Å². The Hall–Kier alpha value is -0.560. The van der Waals surface area contributed by atoms with Crippen LogP contribution in [0.4, 0.5) is 8.78 Å². The molecule has 1 aliphatic heterocycles. The number of carbonyl (C=O) groups excluding carboxylic acids is 1. The van der Waals surface area contributed by atoms with Gasteiger partial charge in [0, 0.05) is 25.4 Å². The molecule has 1 saturated heterocycles. The smallest absolute Gasteiger partial charge is 0.241 e. The fourth-order valence-electron chi connectivity index (χ4n) is 2.83. The largest absolute Gasteiger partial charge is 0.298 e. The second kappa shape index (κ2) is 5.83. The maximum absolute atomic E-state index is 12.5. The highest BCUT2D eigenvalue weighted by Gasteiger charge is 2.40. The van der Waals surface area contributed by atoms with Crippen molar-refractivity contribution >= 4 is 15.8 Å². The Labute approximate surface area is 112 Å². The van der Waals surface area contributed by atoms with Crippen molar-refractivity contribution in [3.8, 4) is 0 Å². The molecule has 1 atom stereocenters. The second-order valence-corrected chi connectivity index (χ2v) is 7.43. The van der Waals surface area contributed by atoms with Gasteiger partial charge in [0.2, 0.25) is 16.4 Å². The molecule has 19 heavy (non-hydrogen) atoms. The molecule has 2 aliphatic rings. The van der Waals surface area contributed by atoms with Gasteiger partial charge < -0.3 is 0 Å². The van der Waals surface area contributed by atoms with Gasteiger partial charge in [0.05, 0.1) is 0 Å². The summed E-state index contributed by atoms with van der Waals surface area (Å²) < 4.78 is 51.0. The van der Waals surface area contributed by atoms with Gasteiger partial charge in [-0.2, -0.15) is 0 Å². The maximum atomic E-state index is 12.5. The van der Waals surface area contributed by atoms with Crippen LogP contribution in [-0.2, 0) is 14.8 Å². The van der Waals surface area contributed by atoms with Gasteiger partial charge in [0.1, 0.15) is 5.25 Å².